The number of sulfonamides is 1. The third-order valence-corrected chi connectivity index (χ3v) is 6.97. The van der Waals surface area contributed by atoms with Crippen LogP contribution >= 0.6 is 23.2 Å². The smallest absolute Gasteiger partial charge is 0.244 e. The van der Waals surface area contributed by atoms with Crippen LogP contribution < -0.4 is 0 Å². The third-order valence-electron chi connectivity index (χ3n) is 3.98. The van der Waals surface area contributed by atoms with Crippen LogP contribution in [0, 0.1) is 19.8 Å². The topological polar surface area (TPSA) is 57.6 Å². The van der Waals surface area contributed by atoms with Crippen LogP contribution in [0.25, 0.3) is 0 Å². The molecule has 118 valence electrons. The maximum atomic E-state index is 12.8. The number of aliphatic hydroxyl groups excluding tert-OH is 1. The van der Waals surface area contributed by atoms with Gasteiger partial charge in [0.25, 0.3) is 0 Å². The number of aliphatic hydroxyl groups is 1. The maximum absolute atomic E-state index is 12.8. The standard InChI is InChI=1S/C14H19Cl2NO3S/c1-8-4-12(15)9(2)14(13(8)16)21(19,20)17(3)7-10-5-11(18)6-10/h4,10-11,18H,5-7H2,1-3H3. The molecule has 21 heavy (non-hydrogen) atoms. The van der Waals surface area contributed by atoms with E-state index >= 15 is 0 Å². The van der Waals surface area contributed by atoms with Crippen LogP contribution in [0.2, 0.25) is 10.0 Å². The minimum atomic E-state index is -3.70. The molecule has 0 bridgehead atoms. The largest absolute Gasteiger partial charge is 0.393 e. The Labute approximate surface area is 135 Å². The summed E-state index contributed by atoms with van der Waals surface area (Å²) in [6, 6.07) is 1.67. The van der Waals surface area contributed by atoms with Gasteiger partial charge >= 0.3 is 0 Å². The first kappa shape index (κ1) is 17.0. The lowest BCUT2D eigenvalue weighted by molar-refractivity contribution is 0.0367. The summed E-state index contributed by atoms with van der Waals surface area (Å²) in [4.78, 5) is 0.0801. The Balaban J connectivity index is 2.35. The van der Waals surface area contributed by atoms with E-state index in [9.17, 15) is 13.5 Å². The fourth-order valence-electron chi connectivity index (χ4n) is 2.59. The van der Waals surface area contributed by atoms with Crippen LogP contribution in [-0.2, 0) is 10.0 Å². The summed E-state index contributed by atoms with van der Waals surface area (Å²) >= 11 is 12.3. The highest BCUT2D eigenvalue weighted by Gasteiger charge is 2.33. The summed E-state index contributed by atoms with van der Waals surface area (Å²) in [7, 11) is -2.16. The van der Waals surface area contributed by atoms with Gasteiger partial charge in [0.05, 0.1) is 11.1 Å². The molecule has 1 saturated carbocycles. The number of hydrogen-bond donors (Lipinski definition) is 1. The quantitative estimate of drug-likeness (QED) is 0.906. The van der Waals surface area contributed by atoms with Crippen LogP contribution in [0.4, 0.5) is 0 Å². The van der Waals surface area contributed by atoms with Crippen molar-refractivity contribution in [3.8, 4) is 0 Å². The molecule has 1 aliphatic rings. The molecule has 0 spiro atoms. The van der Waals surface area contributed by atoms with E-state index in [2.05, 4.69) is 0 Å². The maximum Gasteiger partial charge on any atom is 0.244 e. The van der Waals surface area contributed by atoms with E-state index < -0.39 is 10.0 Å². The molecule has 0 saturated heterocycles. The van der Waals surface area contributed by atoms with Crippen LogP contribution in [0.15, 0.2) is 11.0 Å². The number of nitrogens with zero attached hydrogens (tertiary/aromatic N) is 1. The first-order valence-corrected chi connectivity index (χ1v) is 8.93. The van der Waals surface area contributed by atoms with Crippen molar-refractivity contribution in [2.45, 2.75) is 37.7 Å². The zero-order valence-electron chi connectivity index (χ0n) is 12.2. The van der Waals surface area contributed by atoms with Crippen molar-refractivity contribution in [3.05, 3.63) is 27.2 Å². The highest BCUT2D eigenvalue weighted by Crippen LogP contribution is 2.36. The molecule has 1 aliphatic carbocycles. The zero-order chi connectivity index (χ0) is 15.9. The average molecular weight is 352 g/mol. The predicted molar refractivity (Wildman–Crippen MR) is 84.5 cm³/mol. The Bertz CT molecular complexity index is 628. The van der Waals surface area contributed by atoms with Gasteiger partial charge in [-0.05, 0) is 49.8 Å². The normalized spacial score (nSPS) is 22.4. The summed E-state index contributed by atoms with van der Waals surface area (Å²) < 4.78 is 26.8. The lowest BCUT2D eigenvalue weighted by Crippen LogP contribution is -2.39. The molecular weight excluding hydrogens is 333 g/mol. The molecule has 4 nitrogen and oxygen atoms in total. The van der Waals surface area contributed by atoms with Gasteiger partial charge in [0, 0.05) is 18.6 Å². The Morgan fingerprint density at radius 1 is 1.33 bits per heavy atom. The molecule has 0 heterocycles. The number of hydrogen-bond acceptors (Lipinski definition) is 3. The van der Waals surface area contributed by atoms with Crippen molar-refractivity contribution >= 4 is 33.2 Å². The number of aryl methyl sites for hydroxylation is 1. The molecule has 0 atom stereocenters. The Kier molecular flexibility index (Phi) is 4.90. The van der Waals surface area contributed by atoms with E-state index in [0.29, 0.717) is 35.5 Å². The summed E-state index contributed by atoms with van der Waals surface area (Å²) in [6.07, 6.45) is 0.979. The molecule has 1 fully saturated rings. The van der Waals surface area contributed by atoms with E-state index in [4.69, 9.17) is 23.2 Å². The molecule has 0 aromatic heterocycles. The van der Waals surface area contributed by atoms with Crippen molar-refractivity contribution in [2.24, 2.45) is 5.92 Å². The van der Waals surface area contributed by atoms with Crippen molar-refractivity contribution in [2.75, 3.05) is 13.6 Å². The van der Waals surface area contributed by atoms with Gasteiger partial charge < -0.3 is 5.11 Å². The van der Waals surface area contributed by atoms with E-state index in [1.54, 1.807) is 19.9 Å². The Morgan fingerprint density at radius 3 is 2.43 bits per heavy atom. The summed E-state index contributed by atoms with van der Waals surface area (Å²) in [6.45, 7) is 3.76. The second-order valence-electron chi connectivity index (χ2n) is 5.72. The first-order chi connectivity index (χ1) is 9.64. The summed E-state index contributed by atoms with van der Waals surface area (Å²) in [5.41, 5.74) is 1.10. The first-order valence-electron chi connectivity index (χ1n) is 6.74. The van der Waals surface area contributed by atoms with Crippen molar-refractivity contribution < 1.29 is 13.5 Å². The molecule has 0 radical (unpaired) electrons. The van der Waals surface area contributed by atoms with E-state index in [-0.39, 0.29) is 21.9 Å². The predicted octanol–water partition coefficient (Wildman–Crippen LogP) is 3.00. The second kappa shape index (κ2) is 6.05. The SMILES string of the molecule is Cc1cc(Cl)c(C)c(S(=O)(=O)N(C)CC2CC(O)C2)c1Cl. The molecule has 0 amide bonds. The van der Waals surface area contributed by atoms with Crippen LogP contribution in [0.3, 0.4) is 0 Å². The van der Waals surface area contributed by atoms with Gasteiger partial charge in [-0.2, -0.15) is 0 Å². The molecule has 7 heteroatoms. The Hall–Kier alpha value is -0.330. The summed E-state index contributed by atoms with van der Waals surface area (Å²) in [5, 5.41) is 9.92. The number of halogens is 2. The van der Waals surface area contributed by atoms with Crippen LogP contribution in [-0.4, -0.2) is 37.5 Å². The van der Waals surface area contributed by atoms with Gasteiger partial charge in [0.1, 0.15) is 4.90 Å². The van der Waals surface area contributed by atoms with E-state index in [1.807, 2.05) is 0 Å². The lowest BCUT2D eigenvalue weighted by Gasteiger charge is -2.34. The van der Waals surface area contributed by atoms with Gasteiger partial charge in [-0.15, -0.1) is 0 Å². The number of benzene rings is 1. The highest BCUT2D eigenvalue weighted by molar-refractivity contribution is 7.89. The monoisotopic (exact) mass is 351 g/mol. The zero-order valence-corrected chi connectivity index (χ0v) is 14.6. The van der Waals surface area contributed by atoms with E-state index in [0.717, 1.165) is 0 Å². The van der Waals surface area contributed by atoms with Crippen molar-refractivity contribution in [1.29, 1.82) is 0 Å². The van der Waals surface area contributed by atoms with Gasteiger partial charge in [0.2, 0.25) is 10.0 Å². The molecule has 1 N–H and O–H groups in total. The second-order valence-corrected chi connectivity index (χ2v) is 8.49. The summed E-state index contributed by atoms with van der Waals surface area (Å²) in [5.74, 6) is 0.194. The minimum absolute atomic E-state index is 0.0801. The average Bonchev–Trinajstić information content (AvgIpc) is 2.34. The molecular formula is C14H19Cl2NO3S. The van der Waals surface area contributed by atoms with Crippen molar-refractivity contribution in [3.63, 3.8) is 0 Å². The lowest BCUT2D eigenvalue weighted by atomic mass is 9.82. The van der Waals surface area contributed by atoms with Gasteiger partial charge in [-0.1, -0.05) is 23.2 Å². The van der Waals surface area contributed by atoms with Gasteiger partial charge in [-0.25, -0.2) is 12.7 Å². The van der Waals surface area contributed by atoms with Gasteiger partial charge in [-0.3, -0.25) is 0 Å². The molecule has 1 aromatic carbocycles. The molecule has 0 aliphatic heterocycles. The molecule has 0 unspecified atom stereocenters. The Morgan fingerprint density at radius 2 is 1.90 bits per heavy atom. The van der Waals surface area contributed by atoms with Crippen molar-refractivity contribution in [1.82, 2.24) is 4.31 Å². The molecule has 1 aromatic rings. The fourth-order valence-corrected chi connectivity index (χ4v) is 4.99. The van der Waals surface area contributed by atoms with Crippen LogP contribution in [0.1, 0.15) is 24.0 Å². The highest BCUT2D eigenvalue weighted by atomic mass is 35.5. The minimum Gasteiger partial charge on any atom is -0.393 e. The van der Waals surface area contributed by atoms with Crippen LogP contribution in [0.5, 0.6) is 0 Å². The number of rotatable bonds is 4. The van der Waals surface area contributed by atoms with E-state index in [1.165, 1.54) is 11.4 Å². The third kappa shape index (κ3) is 3.22. The fraction of sp³-hybridized carbons (Fsp3) is 0.571. The molecule has 2 rings (SSSR count). The van der Waals surface area contributed by atoms with Gasteiger partial charge in [0.15, 0.2) is 0 Å².